The Hall–Kier alpha value is -2.51. The molecule has 0 unspecified atom stereocenters. The number of carbonyl (C=O) groups is 1. The summed E-state index contributed by atoms with van der Waals surface area (Å²) in [5.41, 5.74) is 4.72. The van der Waals surface area contributed by atoms with Crippen molar-refractivity contribution in [2.45, 2.75) is 13.1 Å². The van der Waals surface area contributed by atoms with Crippen LogP contribution in [0.1, 0.15) is 21.6 Å². The number of amides is 1. The zero-order valence-electron chi connectivity index (χ0n) is 10.4. The summed E-state index contributed by atoms with van der Waals surface area (Å²) in [4.78, 5) is 17.9. The van der Waals surface area contributed by atoms with E-state index in [1.165, 1.54) is 25.3 Å². The Morgan fingerprint density at radius 3 is 2.65 bits per heavy atom. The third kappa shape index (κ3) is 2.90. The van der Waals surface area contributed by atoms with Crippen molar-refractivity contribution < 1.29 is 18.0 Å². The number of alkyl halides is 3. The van der Waals surface area contributed by atoms with Crippen LogP contribution in [0, 0.1) is 6.92 Å². The number of anilines is 2. The number of aryl methyl sites for hydroxylation is 1. The number of hydrogen-bond acceptors (Lipinski definition) is 3. The molecule has 1 heterocycles. The van der Waals surface area contributed by atoms with E-state index in [-0.39, 0.29) is 22.9 Å². The Labute approximate surface area is 112 Å². The summed E-state index contributed by atoms with van der Waals surface area (Å²) in [7, 11) is 0. The molecule has 0 saturated heterocycles. The molecule has 0 saturated carbocycles. The molecule has 20 heavy (non-hydrogen) atoms. The highest BCUT2D eigenvalue weighted by atomic mass is 19.4. The lowest BCUT2D eigenvalue weighted by atomic mass is 10.1. The van der Waals surface area contributed by atoms with Gasteiger partial charge in [0.1, 0.15) is 5.69 Å². The van der Waals surface area contributed by atoms with Crippen LogP contribution in [0.2, 0.25) is 0 Å². The smallest absolute Gasteiger partial charge is 0.369 e. The molecule has 0 fully saturated rings. The lowest BCUT2D eigenvalue weighted by Gasteiger charge is -2.12. The maximum atomic E-state index is 12.7. The van der Waals surface area contributed by atoms with E-state index in [1.54, 1.807) is 0 Å². The summed E-state index contributed by atoms with van der Waals surface area (Å²) in [6, 6.07) is 3.56. The number of H-pyrrole nitrogens is 1. The van der Waals surface area contributed by atoms with Crippen molar-refractivity contribution in [2.75, 3.05) is 11.1 Å². The minimum Gasteiger partial charge on any atom is -0.369 e. The zero-order chi connectivity index (χ0) is 14.9. The van der Waals surface area contributed by atoms with Gasteiger partial charge in [0.2, 0.25) is 0 Å². The topological polar surface area (TPSA) is 83.8 Å². The highest BCUT2D eigenvalue weighted by Crippen LogP contribution is 2.33. The first-order chi connectivity index (χ1) is 9.27. The van der Waals surface area contributed by atoms with Gasteiger partial charge in [-0.25, -0.2) is 4.98 Å². The van der Waals surface area contributed by atoms with E-state index >= 15 is 0 Å². The first-order valence-electron chi connectivity index (χ1n) is 5.57. The van der Waals surface area contributed by atoms with Crippen LogP contribution in [-0.4, -0.2) is 15.9 Å². The summed E-state index contributed by atoms with van der Waals surface area (Å²) in [6.45, 7) is 1.35. The number of nitrogens with zero attached hydrogens (tertiary/aromatic N) is 1. The van der Waals surface area contributed by atoms with Crippen molar-refractivity contribution in [3.05, 3.63) is 41.2 Å². The van der Waals surface area contributed by atoms with Crippen LogP contribution >= 0.6 is 0 Å². The molecule has 1 aromatic carbocycles. The molecular weight excluding hydrogens is 273 g/mol. The summed E-state index contributed by atoms with van der Waals surface area (Å²) in [5, 5.41) is 2.35. The molecule has 4 N–H and O–H groups in total. The number of rotatable bonds is 2. The second-order valence-corrected chi connectivity index (χ2v) is 4.16. The molecular formula is C12H11F3N4O. The van der Waals surface area contributed by atoms with Gasteiger partial charge in [-0.05, 0) is 24.6 Å². The molecule has 0 aliphatic rings. The molecule has 0 aliphatic heterocycles. The summed E-state index contributed by atoms with van der Waals surface area (Å²) in [5.74, 6) is -0.568. The van der Waals surface area contributed by atoms with Crippen LogP contribution in [0.25, 0.3) is 0 Å². The maximum absolute atomic E-state index is 12.7. The minimum atomic E-state index is -4.47. The van der Waals surface area contributed by atoms with Crippen LogP contribution in [0.15, 0.2) is 24.4 Å². The molecule has 106 valence electrons. The number of aromatic nitrogens is 2. The van der Waals surface area contributed by atoms with E-state index in [9.17, 15) is 18.0 Å². The van der Waals surface area contributed by atoms with Gasteiger partial charge in [0.15, 0.2) is 5.95 Å². The van der Waals surface area contributed by atoms with Crippen LogP contribution in [0.3, 0.4) is 0 Å². The van der Waals surface area contributed by atoms with Crippen molar-refractivity contribution in [1.82, 2.24) is 9.97 Å². The van der Waals surface area contributed by atoms with Gasteiger partial charge in [-0.1, -0.05) is 6.07 Å². The van der Waals surface area contributed by atoms with Gasteiger partial charge in [-0.3, -0.25) is 4.79 Å². The fourth-order valence-corrected chi connectivity index (χ4v) is 1.66. The molecule has 0 aliphatic carbocycles. The fraction of sp³-hybridized carbons (Fsp3) is 0.167. The molecule has 1 aromatic heterocycles. The molecule has 1 amide bonds. The van der Waals surface area contributed by atoms with Gasteiger partial charge in [0, 0.05) is 5.69 Å². The largest absolute Gasteiger partial charge is 0.416 e. The molecule has 0 spiro atoms. The van der Waals surface area contributed by atoms with Gasteiger partial charge < -0.3 is 16.0 Å². The Bertz CT molecular complexity index is 648. The molecule has 5 nitrogen and oxygen atoms in total. The number of nitrogen functional groups attached to an aromatic ring is 1. The van der Waals surface area contributed by atoms with Gasteiger partial charge >= 0.3 is 6.18 Å². The van der Waals surface area contributed by atoms with E-state index < -0.39 is 17.6 Å². The Morgan fingerprint density at radius 2 is 2.10 bits per heavy atom. The normalized spacial score (nSPS) is 11.4. The Morgan fingerprint density at radius 1 is 1.40 bits per heavy atom. The van der Waals surface area contributed by atoms with Gasteiger partial charge in [0.05, 0.1) is 11.8 Å². The van der Waals surface area contributed by atoms with E-state index in [1.807, 2.05) is 0 Å². The third-order valence-corrected chi connectivity index (χ3v) is 2.64. The van der Waals surface area contributed by atoms with Crippen LogP contribution in [-0.2, 0) is 6.18 Å². The van der Waals surface area contributed by atoms with E-state index in [0.717, 1.165) is 6.07 Å². The van der Waals surface area contributed by atoms with Crippen molar-refractivity contribution in [2.24, 2.45) is 0 Å². The third-order valence-electron chi connectivity index (χ3n) is 2.64. The number of carbonyl (C=O) groups excluding carboxylic acids is 1. The standard InChI is InChI=1S/C12H11F3N4O/c1-6-2-3-7(4-8(6)12(13,14)15)18-10(20)9-5-17-11(16)19-9/h2-5H,1H3,(H,18,20)(H3,16,17,19). The first-order valence-corrected chi connectivity index (χ1v) is 5.57. The van der Waals surface area contributed by atoms with Crippen LogP contribution < -0.4 is 11.1 Å². The van der Waals surface area contributed by atoms with Crippen molar-refractivity contribution in [3.63, 3.8) is 0 Å². The lowest BCUT2D eigenvalue weighted by Crippen LogP contribution is -2.14. The van der Waals surface area contributed by atoms with Crippen molar-refractivity contribution >= 4 is 17.5 Å². The van der Waals surface area contributed by atoms with Gasteiger partial charge in [-0.2, -0.15) is 13.2 Å². The number of aromatic amines is 1. The summed E-state index contributed by atoms with van der Waals surface area (Å²) < 4.78 is 38.2. The van der Waals surface area contributed by atoms with Gasteiger partial charge in [-0.15, -0.1) is 0 Å². The quantitative estimate of drug-likeness (QED) is 0.792. The highest BCUT2D eigenvalue weighted by molar-refractivity contribution is 6.03. The number of halogens is 3. The Kier molecular flexibility index (Phi) is 3.39. The summed E-state index contributed by atoms with van der Waals surface area (Å²) >= 11 is 0. The highest BCUT2D eigenvalue weighted by Gasteiger charge is 2.32. The average Bonchev–Trinajstić information content (AvgIpc) is 2.77. The fourth-order valence-electron chi connectivity index (χ4n) is 1.66. The SMILES string of the molecule is Cc1ccc(NC(=O)c2cnc(N)[nH]2)cc1C(F)(F)F. The molecule has 2 rings (SSSR count). The zero-order valence-corrected chi connectivity index (χ0v) is 10.4. The number of nitrogens with one attached hydrogen (secondary N) is 2. The van der Waals surface area contributed by atoms with E-state index in [2.05, 4.69) is 15.3 Å². The van der Waals surface area contributed by atoms with E-state index in [4.69, 9.17) is 5.73 Å². The predicted octanol–water partition coefficient (Wildman–Crippen LogP) is 2.57. The minimum absolute atomic E-state index is 0.0427. The van der Waals surface area contributed by atoms with Crippen molar-refractivity contribution in [1.29, 1.82) is 0 Å². The molecule has 0 bridgehead atoms. The molecule has 0 radical (unpaired) electrons. The van der Waals surface area contributed by atoms with Gasteiger partial charge in [0.25, 0.3) is 5.91 Å². The van der Waals surface area contributed by atoms with E-state index in [0.29, 0.717) is 0 Å². The Balaban J connectivity index is 2.24. The van der Waals surface area contributed by atoms with Crippen LogP contribution in [0.4, 0.5) is 24.8 Å². The number of nitrogens with two attached hydrogens (primary N) is 1. The first kappa shape index (κ1) is 13.9. The monoisotopic (exact) mass is 284 g/mol. The molecule has 0 atom stereocenters. The number of benzene rings is 1. The molecule has 8 heteroatoms. The molecule has 2 aromatic rings. The number of imidazole rings is 1. The lowest BCUT2D eigenvalue weighted by molar-refractivity contribution is -0.138. The van der Waals surface area contributed by atoms with Crippen molar-refractivity contribution in [3.8, 4) is 0 Å². The average molecular weight is 284 g/mol. The predicted molar refractivity (Wildman–Crippen MR) is 67.1 cm³/mol. The maximum Gasteiger partial charge on any atom is 0.416 e. The summed E-state index contributed by atoms with van der Waals surface area (Å²) in [6.07, 6.45) is -3.27. The number of hydrogen-bond donors (Lipinski definition) is 3. The second kappa shape index (κ2) is 4.87. The van der Waals surface area contributed by atoms with Crippen LogP contribution in [0.5, 0.6) is 0 Å². The second-order valence-electron chi connectivity index (χ2n) is 4.16.